The standard InChI is InChI=1S/C9H7NO4S/c11-10(12,13)9-5-8(15)6-3-1-2-4-7(6)14-9/h1-5,11-12H. The summed E-state index contributed by atoms with van der Waals surface area (Å²) in [7, 11) is 0. The molecule has 2 aromatic rings. The van der Waals surface area contributed by atoms with Crippen molar-refractivity contribution in [3.63, 3.8) is 0 Å². The average Bonchev–Trinajstić information content (AvgIpc) is 2.16. The van der Waals surface area contributed by atoms with Crippen molar-refractivity contribution in [1.29, 1.82) is 0 Å². The summed E-state index contributed by atoms with van der Waals surface area (Å²) in [5.41, 5.74) is 0.335. The molecule has 78 valence electrons. The Morgan fingerprint density at radius 2 is 1.93 bits per heavy atom. The van der Waals surface area contributed by atoms with E-state index in [1.165, 1.54) is 0 Å². The van der Waals surface area contributed by atoms with Crippen molar-refractivity contribution >= 4 is 29.1 Å². The molecule has 0 bridgehead atoms. The zero-order valence-electron chi connectivity index (χ0n) is 7.45. The van der Waals surface area contributed by atoms with Gasteiger partial charge in [-0.1, -0.05) is 24.4 Å². The summed E-state index contributed by atoms with van der Waals surface area (Å²) in [5.74, 6) is -0.571. The maximum absolute atomic E-state index is 10.8. The van der Waals surface area contributed by atoms with Crippen LogP contribution in [0.5, 0.6) is 0 Å². The van der Waals surface area contributed by atoms with Gasteiger partial charge in [-0.25, -0.2) is 0 Å². The van der Waals surface area contributed by atoms with E-state index >= 15 is 0 Å². The first-order valence-electron chi connectivity index (χ1n) is 4.07. The Morgan fingerprint density at radius 3 is 2.60 bits per heavy atom. The summed E-state index contributed by atoms with van der Waals surface area (Å²) >= 11 is 4.98. The highest BCUT2D eigenvalue weighted by Crippen LogP contribution is 2.25. The van der Waals surface area contributed by atoms with Crippen molar-refractivity contribution in [3.8, 4) is 0 Å². The quantitative estimate of drug-likeness (QED) is 0.443. The Kier molecular flexibility index (Phi) is 2.29. The van der Waals surface area contributed by atoms with Gasteiger partial charge in [0.2, 0.25) is 0 Å². The Morgan fingerprint density at radius 1 is 1.27 bits per heavy atom. The fourth-order valence-corrected chi connectivity index (χ4v) is 1.50. The van der Waals surface area contributed by atoms with E-state index < -0.39 is 10.9 Å². The number of benzene rings is 1. The first-order chi connectivity index (χ1) is 6.98. The molecule has 0 spiro atoms. The Labute approximate surface area is 89.5 Å². The van der Waals surface area contributed by atoms with Crippen LogP contribution in [0.2, 0.25) is 0 Å². The monoisotopic (exact) mass is 225 g/mol. The molecule has 1 heterocycles. The van der Waals surface area contributed by atoms with Crippen LogP contribution in [0.3, 0.4) is 0 Å². The molecule has 0 saturated carbocycles. The molecule has 1 aromatic carbocycles. The predicted octanol–water partition coefficient (Wildman–Crippen LogP) is 2.75. The van der Waals surface area contributed by atoms with E-state index in [4.69, 9.17) is 27.0 Å². The normalized spacial score (nSPS) is 11.9. The molecule has 15 heavy (non-hydrogen) atoms. The van der Waals surface area contributed by atoms with E-state index in [1.807, 2.05) is 0 Å². The van der Waals surface area contributed by atoms with Crippen LogP contribution >= 0.6 is 12.2 Å². The lowest BCUT2D eigenvalue weighted by molar-refractivity contribution is -0.261. The van der Waals surface area contributed by atoms with Crippen molar-refractivity contribution in [3.05, 3.63) is 40.0 Å². The van der Waals surface area contributed by atoms with E-state index in [-0.39, 0.29) is 0 Å². The molecule has 1 aromatic heterocycles. The minimum Gasteiger partial charge on any atom is -0.556 e. The van der Waals surface area contributed by atoms with Crippen molar-refractivity contribution in [2.24, 2.45) is 0 Å². The van der Waals surface area contributed by atoms with Crippen LogP contribution in [-0.2, 0) is 0 Å². The third kappa shape index (κ3) is 1.89. The van der Waals surface area contributed by atoms with Gasteiger partial charge in [-0.3, -0.25) is 0 Å². The average molecular weight is 225 g/mol. The molecule has 0 radical (unpaired) electrons. The summed E-state index contributed by atoms with van der Waals surface area (Å²) in [6.45, 7) is 0. The van der Waals surface area contributed by atoms with E-state index in [9.17, 15) is 5.21 Å². The summed E-state index contributed by atoms with van der Waals surface area (Å²) in [5, 5.41) is 29.0. The summed E-state index contributed by atoms with van der Waals surface area (Å²) in [4.78, 5) is -2.62. The molecule has 0 fully saturated rings. The number of quaternary nitrogens is 1. The molecule has 0 atom stereocenters. The van der Waals surface area contributed by atoms with Gasteiger partial charge in [-0.15, -0.1) is 0 Å². The fourth-order valence-electron chi connectivity index (χ4n) is 1.23. The van der Waals surface area contributed by atoms with Crippen molar-refractivity contribution in [1.82, 2.24) is 4.97 Å². The van der Waals surface area contributed by atoms with Crippen LogP contribution in [0, 0.1) is 9.72 Å². The van der Waals surface area contributed by atoms with Gasteiger partial charge >= 0.3 is 5.88 Å². The zero-order valence-corrected chi connectivity index (χ0v) is 8.27. The molecule has 0 aliphatic carbocycles. The van der Waals surface area contributed by atoms with Crippen molar-refractivity contribution in [2.45, 2.75) is 0 Å². The number of fused-ring (bicyclic) bond motifs is 1. The summed E-state index contributed by atoms with van der Waals surface area (Å²) < 4.78 is 5.33. The number of para-hydroxylation sites is 1. The lowest BCUT2D eigenvalue weighted by atomic mass is 10.2. The molecular formula is C9H7NO4S. The van der Waals surface area contributed by atoms with E-state index in [0.717, 1.165) is 6.07 Å². The fraction of sp³-hybridized carbons (Fsp3) is 0. The first kappa shape index (κ1) is 10.2. The third-order valence-electron chi connectivity index (χ3n) is 1.91. The second-order valence-corrected chi connectivity index (χ2v) is 3.43. The van der Waals surface area contributed by atoms with Gasteiger partial charge in [0.15, 0.2) is 0 Å². The highest BCUT2D eigenvalue weighted by molar-refractivity contribution is 7.71. The van der Waals surface area contributed by atoms with Crippen molar-refractivity contribution in [2.75, 3.05) is 0 Å². The van der Waals surface area contributed by atoms with Gasteiger partial charge in [0.1, 0.15) is 5.58 Å². The van der Waals surface area contributed by atoms with Crippen molar-refractivity contribution < 1.29 is 14.8 Å². The summed E-state index contributed by atoms with van der Waals surface area (Å²) in [6, 6.07) is 7.89. The number of hydrogen-bond donors (Lipinski definition) is 2. The van der Waals surface area contributed by atoms with E-state index in [0.29, 0.717) is 15.5 Å². The Balaban J connectivity index is 2.79. The van der Waals surface area contributed by atoms with Crippen LogP contribution < -0.4 is 4.97 Å². The first-order valence-corrected chi connectivity index (χ1v) is 4.48. The highest BCUT2D eigenvalue weighted by atomic mass is 32.1. The predicted molar refractivity (Wildman–Crippen MR) is 55.8 cm³/mol. The molecule has 2 N–H and O–H groups in total. The molecule has 6 heteroatoms. The molecule has 2 rings (SSSR count). The van der Waals surface area contributed by atoms with Gasteiger partial charge in [-0.05, 0) is 17.1 Å². The van der Waals surface area contributed by atoms with Gasteiger partial charge in [0.25, 0.3) is 0 Å². The van der Waals surface area contributed by atoms with Gasteiger partial charge < -0.3 is 9.62 Å². The van der Waals surface area contributed by atoms with Gasteiger partial charge in [0.05, 0.1) is 10.6 Å². The lowest BCUT2D eigenvalue weighted by Gasteiger charge is -2.20. The number of nitrogens with zero attached hydrogens (tertiary/aromatic N) is 1. The molecular weight excluding hydrogens is 218 g/mol. The van der Waals surface area contributed by atoms with Gasteiger partial charge in [0, 0.05) is 5.39 Å². The second kappa shape index (κ2) is 3.37. The van der Waals surface area contributed by atoms with Crippen LogP contribution in [0.1, 0.15) is 0 Å². The Hall–Kier alpha value is -1.31. The van der Waals surface area contributed by atoms with E-state index in [1.54, 1.807) is 24.3 Å². The molecule has 0 amide bonds. The molecule has 5 nitrogen and oxygen atoms in total. The number of hydrogen-bond acceptors (Lipinski definition) is 5. The Bertz CT molecular complexity index is 558. The molecule has 0 saturated heterocycles. The van der Waals surface area contributed by atoms with Crippen LogP contribution in [0.25, 0.3) is 11.0 Å². The van der Waals surface area contributed by atoms with E-state index in [2.05, 4.69) is 0 Å². The van der Waals surface area contributed by atoms with Gasteiger partial charge in [-0.2, -0.15) is 10.4 Å². The smallest absolute Gasteiger partial charge is 0.366 e. The zero-order chi connectivity index (χ0) is 11.1. The minimum atomic E-state index is -2.62. The lowest BCUT2D eigenvalue weighted by Crippen LogP contribution is -2.34. The molecule has 0 unspecified atom stereocenters. The third-order valence-corrected chi connectivity index (χ3v) is 2.25. The number of rotatable bonds is 1. The SMILES string of the molecule is [O-][N+](O)(O)c1cc(=S)c2ccccc2o1. The topological polar surface area (TPSA) is 76.7 Å². The second-order valence-electron chi connectivity index (χ2n) is 2.99. The maximum atomic E-state index is 10.8. The highest BCUT2D eigenvalue weighted by Gasteiger charge is 2.19. The minimum absolute atomic E-state index is 0.327. The maximum Gasteiger partial charge on any atom is 0.366 e. The van der Waals surface area contributed by atoms with Crippen LogP contribution in [0.15, 0.2) is 34.7 Å². The molecule has 0 aliphatic rings. The molecule has 0 aliphatic heterocycles. The largest absolute Gasteiger partial charge is 0.556 e. The van der Waals surface area contributed by atoms with Crippen LogP contribution in [0.4, 0.5) is 5.88 Å². The summed E-state index contributed by atoms with van der Waals surface area (Å²) in [6.07, 6.45) is 0. The van der Waals surface area contributed by atoms with Crippen LogP contribution in [-0.4, -0.2) is 10.4 Å².